The molecule has 1 saturated heterocycles. The largest absolute Gasteiger partial charge is 0.416 e. The molecule has 0 aliphatic carbocycles. The summed E-state index contributed by atoms with van der Waals surface area (Å²) in [6.45, 7) is 7.54. The molecule has 1 aliphatic rings. The number of guanidine groups is 1. The molecule has 1 unspecified atom stereocenters. The smallest absolute Gasteiger partial charge is 0.396 e. The van der Waals surface area contributed by atoms with Gasteiger partial charge in [0.25, 0.3) is 0 Å². The van der Waals surface area contributed by atoms with Gasteiger partial charge < -0.3 is 15.7 Å². The molecule has 1 aliphatic heterocycles. The second-order valence-electron chi connectivity index (χ2n) is 7.40. The highest BCUT2D eigenvalue weighted by atomic mass is 127. The Hall–Kier alpha value is -1.07. The molecule has 3 N–H and O–H groups in total. The van der Waals surface area contributed by atoms with Crippen molar-refractivity contribution < 1.29 is 18.3 Å². The lowest BCUT2D eigenvalue weighted by atomic mass is 10.0. The van der Waals surface area contributed by atoms with Crippen LogP contribution in [0.5, 0.6) is 0 Å². The van der Waals surface area contributed by atoms with Crippen LogP contribution in [0.3, 0.4) is 0 Å². The minimum Gasteiger partial charge on any atom is -0.396 e. The van der Waals surface area contributed by atoms with Crippen LogP contribution in [0.4, 0.5) is 13.2 Å². The summed E-state index contributed by atoms with van der Waals surface area (Å²) in [5, 5.41) is 15.8. The number of benzene rings is 1. The highest BCUT2D eigenvalue weighted by Crippen LogP contribution is 2.30. The van der Waals surface area contributed by atoms with Gasteiger partial charge in [-0.3, -0.25) is 9.89 Å². The number of likely N-dealkylation sites (tertiary alicyclic amines) is 1. The van der Waals surface area contributed by atoms with Crippen molar-refractivity contribution in [3.8, 4) is 0 Å². The van der Waals surface area contributed by atoms with Gasteiger partial charge in [-0.1, -0.05) is 25.1 Å². The molecule has 29 heavy (non-hydrogen) atoms. The normalized spacial score (nSPS) is 17.5. The topological polar surface area (TPSA) is 59.9 Å². The predicted octanol–water partition coefficient (Wildman–Crippen LogP) is 3.47. The van der Waals surface area contributed by atoms with E-state index in [0.29, 0.717) is 18.7 Å². The molecule has 1 heterocycles. The van der Waals surface area contributed by atoms with Gasteiger partial charge in [0.05, 0.1) is 5.56 Å². The molecule has 1 aromatic carbocycles. The zero-order chi connectivity index (χ0) is 20.6. The number of aliphatic hydroxyl groups excluding tert-OH is 1. The van der Waals surface area contributed by atoms with Crippen LogP contribution in [0.15, 0.2) is 29.3 Å². The Morgan fingerprint density at radius 1 is 1.31 bits per heavy atom. The van der Waals surface area contributed by atoms with Crippen LogP contribution < -0.4 is 10.6 Å². The molecule has 1 atom stereocenters. The van der Waals surface area contributed by atoms with Crippen LogP contribution >= 0.6 is 24.0 Å². The number of alkyl halides is 3. The van der Waals surface area contributed by atoms with Crippen LogP contribution in [0.1, 0.15) is 37.8 Å². The van der Waals surface area contributed by atoms with Gasteiger partial charge in [0.2, 0.25) is 0 Å². The maximum absolute atomic E-state index is 12.9. The Kier molecular flexibility index (Phi) is 11.3. The van der Waals surface area contributed by atoms with Crippen molar-refractivity contribution in [2.75, 3.05) is 32.8 Å². The van der Waals surface area contributed by atoms with Crippen LogP contribution in [0, 0.1) is 5.92 Å². The Labute approximate surface area is 188 Å². The average Bonchev–Trinajstić information content (AvgIpc) is 2.67. The summed E-state index contributed by atoms with van der Waals surface area (Å²) in [6.07, 6.45) is -2.50. The highest BCUT2D eigenvalue weighted by molar-refractivity contribution is 14.0. The van der Waals surface area contributed by atoms with E-state index in [9.17, 15) is 13.2 Å². The van der Waals surface area contributed by atoms with E-state index in [-0.39, 0.29) is 42.5 Å². The first-order chi connectivity index (χ1) is 13.3. The van der Waals surface area contributed by atoms with E-state index in [1.807, 2.05) is 13.8 Å². The quantitative estimate of drug-likeness (QED) is 0.288. The molecule has 166 valence electrons. The minimum atomic E-state index is -4.30. The highest BCUT2D eigenvalue weighted by Gasteiger charge is 2.30. The van der Waals surface area contributed by atoms with Gasteiger partial charge >= 0.3 is 6.18 Å². The zero-order valence-corrected chi connectivity index (χ0v) is 19.3. The average molecular weight is 528 g/mol. The van der Waals surface area contributed by atoms with Crippen molar-refractivity contribution in [3.05, 3.63) is 35.4 Å². The maximum Gasteiger partial charge on any atom is 0.416 e. The molecule has 0 spiro atoms. The summed E-state index contributed by atoms with van der Waals surface area (Å²) in [5.74, 6) is 0.865. The molecule has 1 fully saturated rings. The summed E-state index contributed by atoms with van der Waals surface area (Å²) in [4.78, 5) is 6.70. The summed E-state index contributed by atoms with van der Waals surface area (Å²) in [7, 11) is 0. The molecular weight excluding hydrogens is 496 g/mol. The summed E-state index contributed by atoms with van der Waals surface area (Å²) < 4.78 is 38.6. The van der Waals surface area contributed by atoms with E-state index in [2.05, 4.69) is 20.5 Å². The van der Waals surface area contributed by atoms with Gasteiger partial charge in [-0.2, -0.15) is 13.2 Å². The third-order valence-electron chi connectivity index (χ3n) is 4.81. The second-order valence-corrected chi connectivity index (χ2v) is 7.40. The number of nitrogens with zero attached hydrogens (tertiary/aromatic N) is 2. The summed E-state index contributed by atoms with van der Waals surface area (Å²) in [5.41, 5.74) is 0.0966. The second kappa shape index (κ2) is 12.6. The molecule has 0 aromatic heterocycles. The number of hydrogen-bond acceptors (Lipinski definition) is 3. The van der Waals surface area contributed by atoms with Gasteiger partial charge in [0.1, 0.15) is 0 Å². The lowest BCUT2D eigenvalue weighted by Crippen LogP contribution is -2.48. The van der Waals surface area contributed by atoms with Crippen LogP contribution in [-0.2, 0) is 12.7 Å². The number of rotatable bonds is 7. The van der Waals surface area contributed by atoms with Crippen molar-refractivity contribution in [2.24, 2.45) is 10.9 Å². The standard InChI is InChI=1S/C20H31F3N4O.HI/c1-3-24-19(25-12-15(2)14-28)26-18-7-9-27(10-8-18)13-16-5-4-6-17(11-16)20(21,22)23;/h4-6,11,15,18,28H,3,7-10,12-14H2,1-2H3,(H2,24,25,26);1H. The first kappa shape index (κ1) is 26.0. The number of aliphatic hydroxyl groups is 1. The Balaban J connectivity index is 0.00000420. The fourth-order valence-corrected chi connectivity index (χ4v) is 3.16. The Bertz CT molecular complexity index is 634. The predicted molar refractivity (Wildman–Crippen MR) is 121 cm³/mol. The lowest BCUT2D eigenvalue weighted by molar-refractivity contribution is -0.137. The molecule has 0 amide bonds. The Morgan fingerprint density at radius 2 is 2.00 bits per heavy atom. The van der Waals surface area contributed by atoms with E-state index >= 15 is 0 Å². The van der Waals surface area contributed by atoms with Crippen LogP contribution in [-0.4, -0.2) is 54.8 Å². The molecule has 5 nitrogen and oxygen atoms in total. The van der Waals surface area contributed by atoms with Gasteiger partial charge in [0.15, 0.2) is 5.96 Å². The number of nitrogens with one attached hydrogen (secondary N) is 2. The number of hydrogen-bond donors (Lipinski definition) is 3. The van der Waals surface area contributed by atoms with E-state index in [0.717, 1.165) is 44.5 Å². The maximum atomic E-state index is 12.9. The number of piperidine rings is 1. The van der Waals surface area contributed by atoms with E-state index < -0.39 is 11.7 Å². The molecule has 0 bridgehead atoms. The molecule has 2 rings (SSSR count). The summed E-state index contributed by atoms with van der Waals surface area (Å²) in [6, 6.07) is 5.85. The third-order valence-corrected chi connectivity index (χ3v) is 4.81. The molecule has 0 saturated carbocycles. The van der Waals surface area contributed by atoms with Crippen LogP contribution in [0.2, 0.25) is 0 Å². The third kappa shape index (κ3) is 9.08. The zero-order valence-electron chi connectivity index (χ0n) is 17.0. The van der Waals surface area contributed by atoms with Crippen molar-refractivity contribution >= 4 is 29.9 Å². The number of halogens is 4. The summed E-state index contributed by atoms with van der Waals surface area (Å²) >= 11 is 0. The van der Waals surface area contributed by atoms with E-state index in [4.69, 9.17) is 5.11 Å². The van der Waals surface area contributed by atoms with Crippen molar-refractivity contribution in [1.82, 2.24) is 15.5 Å². The van der Waals surface area contributed by atoms with E-state index in [1.165, 1.54) is 12.1 Å². The van der Waals surface area contributed by atoms with E-state index in [1.54, 1.807) is 6.07 Å². The van der Waals surface area contributed by atoms with Gasteiger partial charge in [0, 0.05) is 45.4 Å². The molecule has 0 radical (unpaired) electrons. The monoisotopic (exact) mass is 528 g/mol. The van der Waals surface area contributed by atoms with Crippen LogP contribution in [0.25, 0.3) is 0 Å². The molecular formula is C20H32F3IN4O. The fourth-order valence-electron chi connectivity index (χ4n) is 3.16. The lowest BCUT2D eigenvalue weighted by Gasteiger charge is -2.33. The van der Waals surface area contributed by atoms with Gasteiger partial charge in [-0.25, -0.2) is 0 Å². The number of aliphatic imine (C=N–C) groups is 1. The minimum absolute atomic E-state index is 0. The van der Waals surface area contributed by atoms with Gasteiger partial charge in [-0.05, 0) is 37.3 Å². The Morgan fingerprint density at radius 3 is 2.59 bits per heavy atom. The molecule has 9 heteroatoms. The van der Waals surface area contributed by atoms with Crippen molar-refractivity contribution in [3.63, 3.8) is 0 Å². The SMILES string of the molecule is CCNC(=NCC(C)CO)NC1CCN(Cc2cccc(C(F)(F)F)c2)CC1.I. The first-order valence-corrected chi connectivity index (χ1v) is 9.86. The fraction of sp³-hybridized carbons (Fsp3) is 0.650. The van der Waals surface area contributed by atoms with Crippen molar-refractivity contribution in [2.45, 2.75) is 45.5 Å². The first-order valence-electron chi connectivity index (χ1n) is 9.86. The molecule has 1 aromatic rings. The van der Waals surface area contributed by atoms with Crippen molar-refractivity contribution in [1.29, 1.82) is 0 Å². The van der Waals surface area contributed by atoms with Gasteiger partial charge in [-0.15, -0.1) is 24.0 Å².